The fourth-order valence-corrected chi connectivity index (χ4v) is 8.56. The molecule has 6 amide bonds. The van der Waals surface area contributed by atoms with Crippen LogP contribution in [0.2, 0.25) is 0 Å². The molecule has 5 rings (SSSR count). The van der Waals surface area contributed by atoms with Gasteiger partial charge in [-0.1, -0.05) is 78.2 Å². The summed E-state index contributed by atoms with van der Waals surface area (Å²) in [5, 5.41) is 11.4. The van der Waals surface area contributed by atoms with Crippen LogP contribution in [0, 0.1) is 40.9 Å². The minimum atomic E-state index is -1.16. The van der Waals surface area contributed by atoms with E-state index in [2.05, 4.69) is 47.6 Å². The van der Waals surface area contributed by atoms with Crippen molar-refractivity contribution >= 4 is 35.4 Å². The second-order valence-corrected chi connectivity index (χ2v) is 16.8. The van der Waals surface area contributed by atoms with Gasteiger partial charge in [-0.05, 0) is 59.5 Å². The van der Waals surface area contributed by atoms with Gasteiger partial charge >= 0.3 is 6.03 Å². The zero-order valence-corrected chi connectivity index (χ0v) is 31.8. The van der Waals surface area contributed by atoms with Crippen LogP contribution in [0.3, 0.4) is 0 Å². The van der Waals surface area contributed by atoms with Crippen molar-refractivity contribution in [3.8, 4) is 12.3 Å². The lowest BCUT2D eigenvalue weighted by Crippen LogP contribution is -2.61. The highest BCUT2D eigenvalue weighted by Crippen LogP contribution is 2.65. The molecule has 6 atom stereocenters. The first kappa shape index (κ1) is 39.5. The van der Waals surface area contributed by atoms with Gasteiger partial charge in [0.25, 0.3) is 11.8 Å². The maximum atomic E-state index is 14.7. The molecule has 12 heteroatoms. The average molecular weight is 729 g/mol. The molecular formula is C41H56N6O6. The van der Waals surface area contributed by atoms with Crippen LogP contribution in [0.5, 0.6) is 0 Å². The summed E-state index contributed by atoms with van der Waals surface area (Å²) in [7, 11) is 0. The molecule has 1 aromatic rings. The number of amides is 6. The van der Waals surface area contributed by atoms with Crippen LogP contribution in [0.25, 0.3) is 0 Å². The Hall–Kier alpha value is -4.66. The second kappa shape index (κ2) is 16.1. The Kier molecular flexibility index (Phi) is 12.0. The molecule has 3 fully saturated rings. The largest absolute Gasteiger partial charge is 0.346 e. The van der Waals surface area contributed by atoms with Crippen LogP contribution in [-0.2, 0) is 25.7 Å². The van der Waals surface area contributed by atoms with Crippen LogP contribution >= 0.6 is 0 Å². The highest BCUT2D eigenvalue weighted by atomic mass is 16.2. The van der Waals surface area contributed by atoms with E-state index in [4.69, 9.17) is 6.42 Å². The maximum Gasteiger partial charge on any atom is 0.315 e. The van der Waals surface area contributed by atoms with Crippen molar-refractivity contribution in [2.24, 2.45) is 28.6 Å². The molecule has 0 bridgehead atoms. The minimum Gasteiger partial charge on any atom is -0.346 e. The van der Waals surface area contributed by atoms with Gasteiger partial charge in [-0.3, -0.25) is 24.0 Å². The summed E-state index contributed by atoms with van der Waals surface area (Å²) >= 11 is 0. The molecule has 12 nitrogen and oxygen atoms in total. The summed E-state index contributed by atoms with van der Waals surface area (Å²) in [6.07, 6.45) is 11.6. The van der Waals surface area contributed by atoms with E-state index in [1.807, 2.05) is 45.0 Å². The topological polar surface area (TPSA) is 157 Å². The number of rotatable bonds is 14. The third kappa shape index (κ3) is 8.61. The number of ketones is 1. The number of carbonyl (C=O) groups is 6. The lowest BCUT2D eigenvalue weighted by Gasteiger charge is -2.38. The second-order valence-electron chi connectivity index (χ2n) is 16.8. The predicted molar refractivity (Wildman–Crippen MR) is 201 cm³/mol. The van der Waals surface area contributed by atoms with Gasteiger partial charge in [-0.2, -0.15) is 0 Å². The van der Waals surface area contributed by atoms with Gasteiger partial charge in [0.1, 0.15) is 12.1 Å². The molecule has 1 unspecified atom stereocenters. The van der Waals surface area contributed by atoms with Crippen LogP contribution in [0.4, 0.5) is 4.79 Å². The Morgan fingerprint density at radius 2 is 1.75 bits per heavy atom. The number of carbonyl (C=O) groups excluding carboxylic acids is 6. The van der Waals surface area contributed by atoms with E-state index in [1.54, 1.807) is 9.80 Å². The zero-order valence-electron chi connectivity index (χ0n) is 31.8. The van der Waals surface area contributed by atoms with Crippen molar-refractivity contribution in [2.75, 3.05) is 19.6 Å². The van der Waals surface area contributed by atoms with Crippen LogP contribution in [0.15, 0.2) is 36.9 Å². The summed E-state index contributed by atoms with van der Waals surface area (Å²) in [6.45, 7) is 14.9. The summed E-state index contributed by atoms with van der Waals surface area (Å²) in [5.74, 6) is -0.337. The van der Waals surface area contributed by atoms with Gasteiger partial charge < -0.3 is 31.1 Å². The third-order valence-corrected chi connectivity index (χ3v) is 11.9. The van der Waals surface area contributed by atoms with E-state index in [1.165, 1.54) is 6.08 Å². The molecule has 4 aliphatic rings. The van der Waals surface area contributed by atoms with E-state index in [0.717, 1.165) is 37.7 Å². The highest BCUT2D eigenvalue weighted by Gasteiger charge is 2.69. The predicted octanol–water partition coefficient (Wildman–Crippen LogP) is 3.56. The molecule has 0 spiro atoms. The summed E-state index contributed by atoms with van der Waals surface area (Å²) in [4.78, 5) is 85.1. The van der Waals surface area contributed by atoms with E-state index >= 15 is 0 Å². The smallest absolute Gasteiger partial charge is 0.315 e. The lowest BCUT2D eigenvalue weighted by atomic mass is 9.83. The summed E-state index contributed by atoms with van der Waals surface area (Å²) in [6, 6.07) is 3.64. The van der Waals surface area contributed by atoms with Crippen molar-refractivity contribution in [1.29, 1.82) is 0 Å². The molecule has 0 radical (unpaired) electrons. The number of nitrogens with zero attached hydrogens (tertiary/aromatic N) is 2. The molecule has 1 aromatic carbocycles. The Morgan fingerprint density at radius 3 is 2.40 bits per heavy atom. The quantitative estimate of drug-likeness (QED) is 0.130. The number of urea groups is 1. The first-order valence-electron chi connectivity index (χ1n) is 19.0. The molecule has 2 aliphatic carbocycles. The number of nitrogens with one attached hydrogen (secondary N) is 4. The number of benzene rings is 1. The average Bonchev–Trinajstić information content (AvgIpc) is 3.40. The third-order valence-electron chi connectivity index (χ3n) is 11.9. The van der Waals surface area contributed by atoms with E-state index < -0.39 is 53.2 Å². The molecule has 2 aliphatic heterocycles. The van der Waals surface area contributed by atoms with E-state index in [-0.39, 0.29) is 54.4 Å². The number of hydrogen-bond acceptors (Lipinski definition) is 6. The van der Waals surface area contributed by atoms with Crippen LogP contribution in [0.1, 0.15) is 95.5 Å². The van der Waals surface area contributed by atoms with Gasteiger partial charge in [0, 0.05) is 38.2 Å². The monoisotopic (exact) mass is 728 g/mol. The normalized spacial score (nSPS) is 23.4. The van der Waals surface area contributed by atoms with Crippen molar-refractivity contribution in [2.45, 2.75) is 110 Å². The number of fused-ring (bicyclic) bond motifs is 2. The fraction of sp³-hybridized carbons (Fsp3) is 0.610. The van der Waals surface area contributed by atoms with Gasteiger partial charge in [0.2, 0.25) is 17.6 Å². The van der Waals surface area contributed by atoms with Gasteiger partial charge in [-0.15, -0.1) is 18.9 Å². The van der Waals surface area contributed by atoms with Crippen molar-refractivity contribution in [3.63, 3.8) is 0 Å². The van der Waals surface area contributed by atoms with Crippen molar-refractivity contribution < 1.29 is 28.8 Å². The number of piperidine rings is 1. The Bertz CT molecular complexity index is 1650. The van der Waals surface area contributed by atoms with Gasteiger partial charge in [0.05, 0.1) is 12.1 Å². The molecule has 0 aromatic heterocycles. The number of terminal acetylenes is 1. The Morgan fingerprint density at radius 1 is 1.06 bits per heavy atom. The maximum absolute atomic E-state index is 14.7. The number of hydrogen-bond donors (Lipinski definition) is 4. The van der Waals surface area contributed by atoms with E-state index in [0.29, 0.717) is 25.2 Å². The molecule has 2 saturated carbocycles. The van der Waals surface area contributed by atoms with Crippen molar-refractivity contribution in [3.05, 3.63) is 48.0 Å². The summed E-state index contributed by atoms with van der Waals surface area (Å²) in [5.41, 5.74) is 0.986. The molecule has 286 valence electrons. The number of likely N-dealkylation sites (tertiary alicyclic amines) is 1. The first-order valence-corrected chi connectivity index (χ1v) is 19.0. The van der Waals surface area contributed by atoms with Gasteiger partial charge in [0.15, 0.2) is 0 Å². The van der Waals surface area contributed by atoms with Crippen molar-refractivity contribution in [1.82, 2.24) is 31.1 Å². The molecule has 1 saturated heterocycles. The first-order chi connectivity index (χ1) is 25.1. The van der Waals surface area contributed by atoms with Crippen LogP contribution in [-0.4, -0.2) is 89.0 Å². The molecule has 2 heterocycles. The van der Waals surface area contributed by atoms with Gasteiger partial charge in [-0.25, -0.2) is 4.79 Å². The molecule has 53 heavy (non-hydrogen) atoms. The number of Topliss-reactive ketones (excluding diaryl/α,β-unsaturated/α-hetero) is 1. The molecular weight excluding hydrogens is 672 g/mol. The lowest BCUT2D eigenvalue weighted by molar-refractivity contribution is -0.144. The van der Waals surface area contributed by atoms with E-state index in [9.17, 15) is 28.8 Å². The highest BCUT2D eigenvalue weighted by molar-refractivity contribution is 6.38. The summed E-state index contributed by atoms with van der Waals surface area (Å²) < 4.78 is 0. The Labute approximate surface area is 313 Å². The molecule has 4 N–H and O–H groups in total. The fourth-order valence-electron chi connectivity index (χ4n) is 8.56. The minimum absolute atomic E-state index is 0.0613. The standard InChI is InChI=1S/C41H56N6O6/c1-8-10-20-29(34(48)36(50)42-21-9-2)43-35(49)33-31-28(41(31,6)7)23-47(33)38(52)32(25-16-12-11-13-17-25)45-39(53)44-30(40(3,4)5)24-46-22-26-18-14-15-19-27(26)37(46)51/h1,9,14-15,18-19,25,28-33H,2,10-13,16-17,20-24H2,3-7H3,(H,42,50)(H,43,49)(H2,44,45,53)/t28-,29?,30+,31-,32-,33-/m0/s1. The SMILES string of the molecule is C#CCCC(NC(=O)[C@@H]1[C@@H]2[C@H](CN1C(=O)[C@@H](NC(=O)N[C@H](CN1Cc3ccccc3C1=O)C(C)(C)C)C1CCCCC1)C2(C)C)C(=O)C(=O)NCC=C. The Balaban J connectivity index is 1.34. The zero-order chi connectivity index (χ0) is 38.7. The van der Waals surface area contributed by atoms with Crippen LogP contribution < -0.4 is 21.3 Å².